The Morgan fingerprint density at radius 1 is 1.19 bits per heavy atom. The fraction of sp³-hybridized carbons (Fsp3) is 0.235. The number of hydrogen-bond donors (Lipinski definition) is 0. The van der Waals surface area contributed by atoms with Crippen molar-refractivity contribution >= 4 is 27.4 Å². The molecule has 0 spiro atoms. The molecule has 0 radical (unpaired) electrons. The molecule has 2 aromatic rings. The first-order valence-electron chi connectivity index (χ1n) is 7.69. The molecule has 0 fully saturated rings. The van der Waals surface area contributed by atoms with Gasteiger partial charge in [0.2, 0.25) is 0 Å². The van der Waals surface area contributed by atoms with Crippen LogP contribution in [0.1, 0.15) is 22.8 Å². The smallest absolute Gasteiger partial charge is 0.338 e. The molecule has 0 unspecified atom stereocenters. The lowest BCUT2D eigenvalue weighted by Gasteiger charge is -2.20. The molecule has 0 amide bonds. The molecule has 0 N–H and O–H groups in total. The third kappa shape index (κ3) is 3.83. The number of sulfonamides is 1. The molecule has 8 nitrogen and oxygen atoms in total. The second-order valence-electron chi connectivity index (χ2n) is 5.45. The average molecular weight is 378 g/mol. The van der Waals surface area contributed by atoms with E-state index in [1.54, 1.807) is 13.8 Å². The lowest BCUT2D eigenvalue weighted by molar-refractivity contribution is -0.385. The summed E-state index contributed by atoms with van der Waals surface area (Å²) in [7, 11) is -2.67. The molecular formula is C17H18N2O6S. The number of nitro benzene ring substituents is 1. The van der Waals surface area contributed by atoms with E-state index in [0.717, 1.165) is 10.4 Å². The molecule has 0 saturated carbocycles. The van der Waals surface area contributed by atoms with Crippen molar-refractivity contribution in [2.75, 3.05) is 18.0 Å². The zero-order valence-electron chi connectivity index (χ0n) is 14.5. The molecule has 2 aromatic carbocycles. The number of anilines is 1. The highest BCUT2D eigenvalue weighted by molar-refractivity contribution is 7.92. The number of esters is 1. The summed E-state index contributed by atoms with van der Waals surface area (Å²) in [5, 5.41) is 10.9. The molecule has 0 atom stereocenters. The molecule has 0 aliphatic rings. The Hall–Kier alpha value is -2.94. The Kier molecular flexibility index (Phi) is 5.61. The highest BCUT2D eigenvalue weighted by Crippen LogP contribution is 2.27. The molecule has 2 rings (SSSR count). The van der Waals surface area contributed by atoms with Crippen molar-refractivity contribution in [2.45, 2.75) is 18.7 Å². The van der Waals surface area contributed by atoms with Gasteiger partial charge in [0.25, 0.3) is 15.7 Å². The van der Waals surface area contributed by atoms with Crippen molar-refractivity contribution in [1.29, 1.82) is 0 Å². The number of carbonyl (C=O) groups excluding carboxylic acids is 1. The zero-order chi connectivity index (χ0) is 19.5. The van der Waals surface area contributed by atoms with Crippen molar-refractivity contribution in [3.05, 3.63) is 63.7 Å². The quantitative estimate of drug-likeness (QED) is 0.435. The fourth-order valence-electron chi connectivity index (χ4n) is 2.29. The van der Waals surface area contributed by atoms with Gasteiger partial charge in [-0.15, -0.1) is 0 Å². The van der Waals surface area contributed by atoms with Crippen LogP contribution in [0.5, 0.6) is 0 Å². The van der Waals surface area contributed by atoms with Gasteiger partial charge in [-0.05, 0) is 43.7 Å². The van der Waals surface area contributed by atoms with Crippen LogP contribution in [-0.2, 0) is 14.8 Å². The number of hydrogen-bond acceptors (Lipinski definition) is 6. The summed E-state index contributed by atoms with van der Waals surface area (Å²) in [4.78, 5) is 21.8. The van der Waals surface area contributed by atoms with E-state index < -0.39 is 20.9 Å². The van der Waals surface area contributed by atoms with Gasteiger partial charge in [0.05, 0.1) is 27.7 Å². The van der Waals surface area contributed by atoms with Crippen LogP contribution in [0.4, 0.5) is 11.4 Å². The first-order valence-corrected chi connectivity index (χ1v) is 9.13. The maximum atomic E-state index is 12.9. The van der Waals surface area contributed by atoms with Crippen LogP contribution in [0.15, 0.2) is 47.4 Å². The number of non-ortho nitro benzene ring substituents is 1. The molecule has 0 aliphatic carbocycles. The van der Waals surface area contributed by atoms with Crippen LogP contribution >= 0.6 is 0 Å². The Labute approximate surface area is 151 Å². The predicted octanol–water partition coefficient (Wildman–Crippen LogP) is 2.91. The lowest BCUT2D eigenvalue weighted by atomic mass is 10.2. The van der Waals surface area contributed by atoms with E-state index in [0.29, 0.717) is 16.8 Å². The molecular weight excluding hydrogens is 360 g/mol. The first-order chi connectivity index (χ1) is 12.2. The fourth-order valence-corrected chi connectivity index (χ4v) is 3.73. The van der Waals surface area contributed by atoms with E-state index in [9.17, 15) is 23.3 Å². The van der Waals surface area contributed by atoms with E-state index in [1.165, 1.54) is 43.4 Å². The summed E-state index contributed by atoms with van der Waals surface area (Å²) < 4.78 is 31.6. The van der Waals surface area contributed by atoms with Crippen LogP contribution in [0.2, 0.25) is 0 Å². The van der Waals surface area contributed by atoms with Gasteiger partial charge in [-0.2, -0.15) is 0 Å². The van der Waals surface area contributed by atoms with Crippen molar-refractivity contribution in [1.82, 2.24) is 0 Å². The molecule has 9 heteroatoms. The van der Waals surface area contributed by atoms with Gasteiger partial charge >= 0.3 is 5.97 Å². The largest absolute Gasteiger partial charge is 0.462 e. The van der Waals surface area contributed by atoms with Crippen molar-refractivity contribution in [3.63, 3.8) is 0 Å². The summed E-state index contributed by atoms with van der Waals surface area (Å²) in [6, 6.07) is 9.53. The standard InChI is InChI=1S/C17H18N2O6S/c1-4-25-17(20)13-6-9-14(10-7-13)18(3)26(23,24)16-11-15(19(21)22)8-5-12(16)2/h5-11H,4H2,1-3H3. The van der Waals surface area contributed by atoms with E-state index >= 15 is 0 Å². The normalized spacial score (nSPS) is 11.0. The van der Waals surface area contributed by atoms with Crippen LogP contribution in [-0.4, -0.2) is 33.0 Å². The average Bonchev–Trinajstić information content (AvgIpc) is 2.61. The summed E-state index contributed by atoms with van der Waals surface area (Å²) in [5.41, 5.74) is 0.697. The van der Waals surface area contributed by atoms with Crippen LogP contribution < -0.4 is 4.31 Å². The molecule has 0 saturated heterocycles. The third-order valence-electron chi connectivity index (χ3n) is 3.76. The minimum Gasteiger partial charge on any atom is -0.462 e. The number of rotatable bonds is 6. The van der Waals surface area contributed by atoms with E-state index in [2.05, 4.69) is 0 Å². The second-order valence-corrected chi connectivity index (χ2v) is 7.38. The summed E-state index contributed by atoms with van der Waals surface area (Å²) in [6.45, 7) is 3.49. The minimum atomic E-state index is -4.01. The van der Waals surface area contributed by atoms with Crippen molar-refractivity contribution < 1.29 is 22.9 Å². The molecule has 138 valence electrons. The Morgan fingerprint density at radius 3 is 2.35 bits per heavy atom. The number of nitrogens with zero attached hydrogens (tertiary/aromatic N) is 2. The minimum absolute atomic E-state index is 0.149. The van der Waals surface area contributed by atoms with Gasteiger partial charge in [-0.3, -0.25) is 14.4 Å². The number of benzene rings is 2. The number of nitro groups is 1. The van der Waals surface area contributed by atoms with Gasteiger partial charge in [0.1, 0.15) is 0 Å². The number of aryl methyl sites for hydroxylation is 1. The molecule has 0 aromatic heterocycles. The Morgan fingerprint density at radius 2 is 1.81 bits per heavy atom. The SMILES string of the molecule is CCOC(=O)c1ccc(N(C)S(=O)(=O)c2cc([N+](=O)[O-])ccc2C)cc1. The molecule has 0 heterocycles. The Bertz CT molecular complexity index is 938. The maximum absolute atomic E-state index is 12.9. The van der Waals surface area contributed by atoms with Gasteiger partial charge in [0, 0.05) is 19.2 Å². The van der Waals surface area contributed by atoms with Crippen LogP contribution in [0, 0.1) is 17.0 Å². The second kappa shape index (κ2) is 7.52. The molecule has 0 aliphatic heterocycles. The summed E-state index contributed by atoms with van der Waals surface area (Å²) in [5.74, 6) is -0.501. The number of carbonyl (C=O) groups is 1. The Balaban J connectivity index is 2.39. The highest BCUT2D eigenvalue weighted by atomic mass is 32.2. The monoisotopic (exact) mass is 378 g/mol. The third-order valence-corrected chi connectivity index (χ3v) is 5.69. The molecule has 0 bridgehead atoms. The first kappa shape index (κ1) is 19.4. The topological polar surface area (TPSA) is 107 Å². The maximum Gasteiger partial charge on any atom is 0.338 e. The van der Waals surface area contributed by atoms with E-state index in [-0.39, 0.29) is 17.2 Å². The van der Waals surface area contributed by atoms with E-state index in [1.807, 2.05) is 0 Å². The number of ether oxygens (including phenoxy) is 1. The van der Waals surface area contributed by atoms with Crippen molar-refractivity contribution in [2.24, 2.45) is 0 Å². The highest BCUT2D eigenvalue weighted by Gasteiger charge is 2.25. The van der Waals surface area contributed by atoms with Gasteiger partial charge in [0.15, 0.2) is 0 Å². The predicted molar refractivity (Wildman–Crippen MR) is 95.8 cm³/mol. The van der Waals surface area contributed by atoms with E-state index in [4.69, 9.17) is 4.74 Å². The summed E-state index contributed by atoms with van der Waals surface area (Å²) in [6.07, 6.45) is 0. The van der Waals surface area contributed by atoms with Crippen LogP contribution in [0.3, 0.4) is 0 Å². The van der Waals surface area contributed by atoms with Gasteiger partial charge in [-0.25, -0.2) is 13.2 Å². The zero-order valence-corrected chi connectivity index (χ0v) is 15.3. The van der Waals surface area contributed by atoms with Gasteiger partial charge < -0.3 is 4.74 Å². The van der Waals surface area contributed by atoms with Crippen LogP contribution in [0.25, 0.3) is 0 Å². The lowest BCUT2D eigenvalue weighted by Crippen LogP contribution is -2.27. The van der Waals surface area contributed by atoms with Crippen molar-refractivity contribution in [3.8, 4) is 0 Å². The van der Waals surface area contributed by atoms with Gasteiger partial charge in [-0.1, -0.05) is 6.07 Å². The molecule has 26 heavy (non-hydrogen) atoms. The summed E-state index contributed by atoms with van der Waals surface area (Å²) >= 11 is 0.